The second kappa shape index (κ2) is 5.16. The third-order valence-electron chi connectivity index (χ3n) is 5.64. The Balaban J connectivity index is 2.50. The van der Waals surface area contributed by atoms with E-state index in [1.165, 1.54) is 6.42 Å². The van der Waals surface area contributed by atoms with Gasteiger partial charge in [0.2, 0.25) is 0 Å². The summed E-state index contributed by atoms with van der Waals surface area (Å²) in [6.07, 6.45) is 3.46. The molecule has 0 heterocycles. The summed E-state index contributed by atoms with van der Waals surface area (Å²) in [5.74, 6) is 0.419. The highest BCUT2D eigenvalue weighted by molar-refractivity contribution is 6.74. The van der Waals surface area contributed by atoms with Crippen LogP contribution < -0.4 is 0 Å². The van der Waals surface area contributed by atoms with E-state index in [4.69, 9.17) is 4.43 Å². The predicted molar refractivity (Wildman–Crippen MR) is 84.9 cm³/mol. The van der Waals surface area contributed by atoms with Gasteiger partial charge in [-0.2, -0.15) is 0 Å². The smallest absolute Gasteiger partial charge is 0.191 e. The van der Waals surface area contributed by atoms with Gasteiger partial charge in [-0.15, -0.1) is 0 Å². The van der Waals surface area contributed by atoms with Gasteiger partial charge in [-0.1, -0.05) is 27.7 Å². The summed E-state index contributed by atoms with van der Waals surface area (Å²) < 4.78 is 6.28. The van der Waals surface area contributed by atoms with Gasteiger partial charge in [0, 0.05) is 6.61 Å². The molecule has 0 aliphatic heterocycles. The molecule has 19 heavy (non-hydrogen) atoms. The second-order valence-corrected chi connectivity index (χ2v) is 13.6. The molecule has 0 radical (unpaired) electrons. The molecule has 0 aromatic carbocycles. The van der Waals surface area contributed by atoms with Crippen LogP contribution in [0.25, 0.3) is 0 Å². The fourth-order valence-electron chi connectivity index (χ4n) is 3.04. The molecule has 1 rings (SSSR count). The third-order valence-corrected chi connectivity index (χ3v) is 10.2. The van der Waals surface area contributed by atoms with Gasteiger partial charge in [0.25, 0.3) is 0 Å². The van der Waals surface area contributed by atoms with Crippen molar-refractivity contribution in [1.29, 1.82) is 0 Å². The lowest BCUT2D eigenvalue weighted by Crippen LogP contribution is -2.51. The summed E-state index contributed by atoms with van der Waals surface area (Å²) in [5.41, 5.74) is -0.287. The first-order valence-electron chi connectivity index (χ1n) is 7.66. The first-order valence-corrected chi connectivity index (χ1v) is 10.6. The monoisotopic (exact) mass is 286 g/mol. The lowest BCUT2D eigenvalue weighted by molar-refractivity contribution is -0.111. The normalized spacial score (nSPS) is 29.2. The predicted octanol–water partition coefficient (Wildman–Crippen LogP) is 4.59. The minimum Gasteiger partial charge on any atom is -0.417 e. The van der Waals surface area contributed by atoms with Crippen LogP contribution in [-0.2, 0) is 4.43 Å². The maximum atomic E-state index is 10.2. The first kappa shape index (κ1) is 17.2. The number of aliphatic hydroxyl groups is 1. The summed E-state index contributed by atoms with van der Waals surface area (Å²) in [7, 11) is -1.62. The Morgan fingerprint density at radius 2 is 1.74 bits per heavy atom. The summed E-state index contributed by atoms with van der Waals surface area (Å²) in [6.45, 7) is 18.5. The van der Waals surface area contributed by atoms with Crippen molar-refractivity contribution in [2.75, 3.05) is 6.61 Å². The quantitative estimate of drug-likeness (QED) is 0.749. The maximum Gasteiger partial charge on any atom is 0.191 e. The van der Waals surface area contributed by atoms with Gasteiger partial charge in [0.15, 0.2) is 8.32 Å². The molecular weight excluding hydrogens is 252 g/mol. The van der Waals surface area contributed by atoms with Crippen molar-refractivity contribution >= 4 is 8.32 Å². The number of rotatable bonds is 5. The van der Waals surface area contributed by atoms with E-state index in [9.17, 15) is 5.11 Å². The topological polar surface area (TPSA) is 29.5 Å². The Kier molecular flexibility index (Phi) is 4.67. The van der Waals surface area contributed by atoms with Crippen LogP contribution in [-0.4, -0.2) is 25.6 Å². The lowest BCUT2D eigenvalue weighted by Gasteiger charge is -2.53. The van der Waals surface area contributed by atoms with Crippen molar-refractivity contribution in [3.8, 4) is 0 Å². The van der Waals surface area contributed by atoms with E-state index in [0.717, 1.165) is 19.4 Å². The Labute approximate surface area is 121 Å². The molecule has 0 spiro atoms. The van der Waals surface area contributed by atoms with Crippen molar-refractivity contribution < 1.29 is 9.53 Å². The molecule has 1 aliphatic rings. The Hall–Kier alpha value is 0.137. The highest BCUT2D eigenvalue weighted by Crippen LogP contribution is 2.54. The van der Waals surface area contributed by atoms with E-state index in [2.05, 4.69) is 40.8 Å². The molecule has 0 bridgehead atoms. The van der Waals surface area contributed by atoms with E-state index in [1.54, 1.807) is 0 Å². The van der Waals surface area contributed by atoms with Gasteiger partial charge in [-0.25, -0.2) is 0 Å². The minimum atomic E-state index is -1.62. The molecule has 0 aromatic rings. The van der Waals surface area contributed by atoms with Crippen molar-refractivity contribution in [3.63, 3.8) is 0 Å². The Morgan fingerprint density at radius 3 is 2.05 bits per heavy atom. The summed E-state index contributed by atoms with van der Waals surface area (Å²) in [5, 5.41) is 10.5. The summed E-state index contributed by atoms with van der Waals surface area (Å²) in [4.78, 5) is 0. The molecular formula is C16H34O2Si. The van der Waals surface area contributed by atoms with Crippen molar-refractivity contribution in [1.82, 2.24) is 0 Å². The van der Waals surface area contributed by atoms with Gasteiger partial charge in [0.05, 0.1) is 5.60 Å². The highest BCUT2D eigenvalue weighted by atomic mass is 28.4. The molecule has 2 nitrogen and oxygen atoms in total. The Morgan fingerprint density at radius 1 is 1.21 bits per heavy atom. The number of hydrogen-bond donors (Lipinski definition) is 1. The zero-order valence-corrected chi connectivity index (χ0v) is 15.3. The molecule has 2 atom stereocenters. The standard InChI is InChI=1S/C16H34O2Si/c1-14(2,3)19(7,8)18-12-11-16(6)10-9-13(16)15(4,5)17/h13,17H,9-12H2,1-8H3/t13-,16+/m0/s1. The van der Waals surface area contributed by atoms with Crippen LogP contribution in [0.3, 0.4) is 0 Å². The van der Waals surface area contributed by atoms with Crippen LogP contribution >= 0.6 is 0 Å². The zero-order valence-electron chi connectivity index (χ0n) is 14.3. The molecule has 0 unspecified atom stereocenters. The van der Waals surface area contributed by atoms with Crippen LogP contribution in [0.1, 0.15) is 60.8 Å². The van der Waals surface area contributed by atoms with Crippen molar-refractivity contribution in [2.45, 2.75) is 84.5 Å². The molecule has 1 N–H and O–H groups in total. The fourth-order valence-corrected chi connectivity index (χ4v) is 4.09. The Bertz CT molecular complexity index is 312. The fraction of sp³-hybridized carbons (Fsp3) is 1.00. The molecule has 0 amide bonds. The van der Waals surface area contributed by atoms with Gasteiger partial charge in [0.1, 0.15) is 0 Å². The average Bonchev–Trinajstić information content (AvgIpc) is 2.10. The average molecular weight is 287 g/mol. The number of hydrogen-bond acceptors (Lipinski definition) is 2. The summed E-state index contributed by atoms with van der Waals surface area (Å²) in [6, 6.07) is 0. The van der Waals surface area contributed by atoms with Crippen LogP contribution in [0.2, 0.25) is 18.1 Å². The van der Waals surface area contributed by atoms with Crippen molar-refractivity contribution in [2.24, 2.45) is 11.3 Å². The maximum absolute atomic E-state index is 10.2. The molecule has 1 saturated carbocycles. The van der Waals surface area contributed by atoms with Crippen LogP contribution in [0.5, 0.6) is 0 Å². The van der Waals surface area contributed by atoms with E-state index in [0.29, 0.717) is 5.92 Å². The molecule has 1 aliphatic carbocycles. The van der Waals surface area contributed by atoms with E-state index in [1.807, 2.05) is 13.8 Å². The highest BCUT2D eigenvalue weighted by Gasteiger charge is 2.49. The molecule has 0 saturated heterocycles. The minimum absolute atomic E-state index is 0.264. The van der Waals surface area contributed by atoms with Crippen LogP contribution in [0, 0.1) is 11.3 Å². The lowest BCUT2D eigenvalue weighted by atomic mass is 9.54. The van der Waals surface area contributed by atoms with Gasteiger partial charge >= 0.3 is 0 Å². The van der Waals surface area contributed by atoms with Crippen LogP contribution in [0.4, 0.5) is 0 Å². The zero-order chi connectivity index (χ0) is 15.1. The summed E-state index contributed by atoms with van der Waals surface area (Å²) >= 11 is 0. The van der Waals surface area contributed by atoms with E-state index < -0.39 is 13.9 Å². The molecule has 3 heteroatoms. The molecule has 114 valence electrons. The third kappa shape index (κ3) is 3.83. The van der Waals surface area contributed by atoms with Gasteiger partial charge < -0.3 is 9.53 Å². The van der Waals surface area contributed by atoms with Crippen LogP contribution in [0.15, 0.2) is 0 Å². The SMILES string of the molecule is CC(C)(O)[C@@H]1CC[C@]1(C)CCO[Si](C)(C)C(C)(C)C. The second-order valence-electron chi connectivity index (χ2n) is 8.76. The van der Waals surface area contributed by atoms with Gasteiger partial charge in [-0.05, 0) is 62.6 Å². The van der Waals surface area contributed by atoms with Gasteiger partial charge in [-0.3, -0.25) is 0 Å². The molecule has 0 aromatic heterocycles. The largest absolute Gasteiger partial charge is 0.417 e. The van der Waals surface area contributed by atoms with Crippen molar-refractivity contribution in [3.05, 3.63) is 0 Å². The first-order chi connectivity index (χ1) is 8.30. The van der Waals surface area contributed by atoms with E-state index in [-0.39, 0.29) is 10.5 Å². The van der Waals surface area contributed by atoms with E-state index >= 15 is 0 Å². The molecule has 1 fully saturated rings.